The number of non-ortho nitro benzene ring substituents is 1. The number of aromatic nitrogens is 1. The lowest BCUT2D eigenvalue weighted by molar-refractivity contribution is -0.384. The van der Waals surface area contributed by atoms with Crippen LogP contribution in [0.2, 0.25) is 0 Å². The first-order valence-electron chi connectivity index (χ1n) is 4.67. The SMILES string of the molecule is COc1ccc([N+](=O)[O-])cc1-c1cc(N)no1. The molecule has 0 spiro atoms. The van der Waals surface area contributed by atoms with Crippen molar-refractivity contribution in [3.63, 3.8) is 0 Å². The van der Waals surface area contributed by atoms with E-state index in [0.717, 1.165) is 0 Å². The Morgan fingerprint density at radius 3 is 2.76 bits per heavy atom. The number of nitro benzene ring substituents is 1. The molecule has 0 saturated carbocycles. The quantitative estimate of drug-likeness (QED) is 0.642. The number of anilines is 1. The van der Waals surface area contributed by atoms with Crippen molar-refractivity contribution >= 4 is 11.5 Å². The molecule has 1 aromatic carbocycles. The normalized spacial score (nSPS) is 10.2. The molecule has 0 aliphatic carbocycles. The standard InChI is InChI=1S/C10H9N3O4/c1-16-8-3-2-6(13(14)15)4-7(8)9-5-10(11)12-17-9/h2-5H,1H3,(H2,11,12). The fourth-order valence-electron chi connectivity index (χ4n) is 1.42. The highest BCUT2D eigenvalue weighted by atomic mass is 16.6. The second kappa shape index (κ2) is 4.12. The Labute approximate surface area is 95.9 Å². The number of nitro groups is 1. The molecule has 7 heteroatoms. The maximum Gasteiger partial charge on any atom is 0.270 e. The van der Waals surface area contributed by atoms with E-state index < -0.39 is 4.92 Å². The molecule has 2 aromatic rings. The zero-order chi connectivity index (χ0) is 12.4. The van der Waals surface area contributed by atoms with Gasteiger partial charge in [0.2, 0.25) is 0 Å². The second-order valence-corrected chi connectivity index (χ2v) is 3.26. The molecule has 0 aliphatic rings. The van der Waals surface area contributed by atoms with E-state index in [0.29, 0.717) is 17.1 Å². The van der Waals surface area contributed by atoms with Crippen LogP contribution < -0.4 is 10.5 Å². The number of benzene rings is 1. The van der Waals surface area contributed by atoms with Crippen LogP contribution in [0.15, 0.2) is 28.8 Å². The minimum absolute atomic E-state index is 0.0595. The molecule has 0 fully saturated rings. The first-order valence-corrected chi connectivity index (χ1v) is 4.67. The number of hydrogen-bond donors (Lipinski definition) is 1. The van der Waals surface area contributed by atoms with Crippen molar-refractivity contribution in [3.8, 4) is 17.1 Å². The van der Waals surface area contributed by atoms with Crippen molar-refractivity contribution in [1.82, 2.24) is 5.16 Å². The minimum Gasteiger partial charge on any atom is -0.496 e. The molecule has 1 heterocycles. The smallest absolute Gasteiger partial charge is 0.270 e. The summed E-state index contributed by atoms with van der Waals surface area (Å²) in [5.41, 5.74) is 5.80. The van der Waals surface area contributed by atoms with Crippen LogP contribution in [0.4, 0.5) is 11.5 Å². The zero-order valence-electron chi connectivity index (χ0n) is 8.91. The summed E-state index contributed by atoms with van der Waals surface area (Å²) in [4.78, 5) is 10.2. The molecule has 0 saturated heterocycles. The third-order valence-electron chi connectivity index (χ3n) is 2.19. The molecular weight excluding hydrogens is 226 g/mol. The number of rotatable bonds is 3. The number of nitrogen functional groups attached to an aromatic ring is 1. The van der Waals surface area contributed by atoms with Gasteiger partial charge in [-0.2, -0.15) is 0 Å². The van der Waals surface area contributed by atoms with Gasteiger partial charge in [-0.3, -0.25) is 10.1 Å². The number of nitrogens with two attached hydrogens (primary N) is 1. The topological polar surface area (TPSA) is 104 Å². The van der Waals surface area contributed by atoms with Crippen LogP contribution in [0.25, 0.3) is 11.3 Å². The van der Waals surface area contributed by atoms with Crippen molar-refractivity contribution in [3.05, 3.63) is 34.4 Å². The fourth-order valence-corrected chi connectivity index (χ4v) is 1.42. The van der Waals surface area contributed by atoms with E-state index in [1.54, 1.807) is 0 Å². The Kier molecular flexibility index (Phi) is 2.65. The predicted molar refractivity (Wildman–Crippen MR) is 59.6 cm³/mol. The van der Waals surface area contributed by atoms with E-state index in [-0.39, 0.29) is 11.5 Å². The Balaban J connectivity index is 2.57. The van der Waals surface area contributed by atoms with Gasteiger partial charge in [0.25, 0.3) is 5.69 Å². The zero-order valence-corrected chi connectivity index (χ0v) is 8.91. The number of methoxy groups -OCH3 is 1. The molecule has 2 rings (SSSR count). The molecule has 1 aromatic heterocycles. The summed E-state index contributed by atoms with van der Waals surface area (Å²) in [5, 5.41) is 14.2. The third-order valence-corrected chi connectivity index (χ3v) is 2.19. The summed E-state index contributed by atoms with van der Waals surface area (Å²) >= 11 is 0. The van der Waals surface area contributed by atoms with Gasteiger partial charge in [-0.1, -0.05) is 5.16 Å². The van der Waals surface area contributed by atoms with Crippen LogP contribution >= 0.6 is 0 Å². The van der Waals surface area contributed by atoms with Gasteiger partial charge >= 0.3 is 0 Å². The van der Waals surface area contributed by atoms with Crippen LogP contribution in [0.3, 0.4) is 0 Å². The summed E-state index contributed by atoms with van der Waals surface area (Å²) in [6.45, 7) is 0. The fraction of sp³-hybridized carbons (Fsp3) is 0.100. The van der Waals surface area contributed by atoms with Gasteiger partial charge in [0, 0.05) is 18.2 Å². The van der Waals surface area contributed by atoms with Gasteiger partial charge in [-0.15, -0.1) is 0 Å². The van der Waals surface area contributed by atoms with Crippen LogP contribution in [-0.4, -0.2) is 17.2 Å². The Bertz CT molecular complexity index is 564. The van der Waals surface area contributed by atoms with Crippen LogP contribution in [0, 0.1) is 10.1 Å². The molecule has 0 amide bonds. The van der Waals surface area contributed by atoms with Crippen LogP contribution in [0.5, 0.6) is 5.75 Å². The first kappa shape index (κ1) is 10.9. The van der Waals surface area contributed by atoms with Gasteiger partial charge in [0.15, 0.2) is 11.6 Å². The van der Waals surface area contributed by atoms with Crippen molar-refractivity contribution < 1.29 is 14.2 Å². The maximum absolute atomic E-state index is 10.7. The third kappa shape index (κ3) is 2.03. The van der Waals surface area contributed by atoms with Crippen molar-refractivity contribution in [2.45, 2.75) is 0 Å². The van der Waals surface area contributed by atoms with E-state index >= 15 is 0 Å². The molecule has 0 atom stereocenters. The highest BCUT2D eigenvalue weighted by Crippen LogP contribution is 2.33. The molecule has 17 heavy (non-hydrogen) atoms. The number of ether oxygens (including phenoxy) is 1. The number of nitrogens with zero attached hydrogens (tertiary/aromatic N) is 2. The van der Waals surface area contributed by atoms with E-state index in [4.69, 9.17) is 15.0 Å². The first-order chi connectivity index (χ1) is 8.11. The van der Waals surface area contributed by atoms with E-state index in [2.05, 4.69) is 5.16 Å². The summed E-state index contributed by atoms with van der Waals surface area (Å²) in [6, 6.07) is 5.66. The highest BCUT2D eigenvalue weighted by Gasteiger charge is 2.16. The van der Waals surface area contributed by atoms with Crippen molar-refractivity contribution in [1.29, 1.82) is 0 Å². The molecule has 0 bridgehead atoms. The van der Waals surface area contributed by atoms with Crippen molar-refractivity contribution in [2.24, 2.45) is 0 Å². The highest BCUT2D eigenvalue weighted by molar-refractivity contribution is 5.70. The molecule has 88 valence electrons. The average Bonchev–Trinajstić information content (AvgIpc) is 2.74. The Morgan fingerprint density at radius 2 is 2.24 bits per heavy atom. The lowest BCUT2D eigenvalue weighted by atomic mass is 10.1. The summed E-state index contributed by atoms with van der Waals surface area (Å²) in [7, 11) is 1.46. The Morgan fingerprint density at radius 1 is 1.47 bits per heavy atom. The molecule has 0 radical (unpaired) electrons. The van der Waals surface area contributed by atoms with Gasteiger partial charge < -0.3 is 15.0 Å². The number of hydrogen-bond acceptors (Lipinski definition) is 6. The largest absolute Gasteiger partial charge is 0.496 e. The van der Waals surface area contributed by atoms with Crippen LogP contribution in [-0.2, 0) is 0 Å². The second-order valence-electron chi connectivity index (χ2n) is 3.26. The van der Waals surface area contributed by atoms with Gasteiger partial charge in [-0.25, -0.2) is 0 Å². The van der Waals surface area contributed by atoms with E-state index in [9.17, 15) is 10.1 Å². The summed E-state index contributed by atoms with van der Waals surface area (Å²) < 4.78 is 10.0. The molecule has 2 N–H and O–H groups in total. The average molecular weight is 235 g/mol. The van der Waals surface area contributed by atoms with Crippen LogP contribution in [0.1, 0.15) is 0 Å². The summed E-state index contributed by atoms with van der Waals surface area (Å²) in [5.74, 6) is 0.975. The van der Waals surface area contributed by atoms with E-state index in [1.165, 1.54) is 31.4 Å². The molecule has 7 nitrogen and oxygen atoms in total. The lowest BCUT2D eigenvalue weighted by Crippen LogP contribution is -1.91. The van der Waals surface area contributed by atoms with Gasteiger partial charge in [0.1, 0.15) is 5.75 Å². The lowest BCUT2D eigenvalue weighted by Gasteiger charge is -2.04. The van der Waals surface area contributed by atoms with E-state index in [1.807, 2.05) is 0 Å². The maximum atomic E-state index is 10.7. The van der Waals surface area contributed by atoms with Gasteiger partial charge in [0.05, 0.1) is 17.6 Å². The molecular formula is C10H9N3O4. The Hall–Kier alpha value is -2.57. The monoisotopic (exact) mass is 235 g/mol. The van der Waals surface area contributed by atoms with Crippen molar-refractivity contribution in [2.75, 3.05) is 12.8 Å². The predicted octanol–water partition coefficient (Wildman–Crippen LogP) is 1.84. The molecule has 0 aliphatic heterocycles. The minimum atomic E-state index is -0.497. The van der Waals surface area contributed by atoms with Gasteiger partial charge in [-0.05, 0) is 6.07 Å². The molecule has 0 unspecified atom stereocenters. The summed E-state index contributed by atoms with van der Waals surface area (Å²) in [6.07, 6.45) is 0.